The third-order valence-corrected chi connectivity index (χ3v) is 4.21. The van der Waals surface area contributed by atoms with E-state index >= 15 is 0 Å². The molecule has 4 heteroatoms. The first-order valence-corrected chi connectivity index (χ1v) is 6.55. The SMILES string of the molecule is N[C@@H]1CCCN(C(=O)C2CCSC2)C1. The second-order valence-electron chi connectivity index (χ2n) is 4.25. The highest BCUT2D eigenvalue weighted by Crippen LogP contribution is 2.26. The van der Waals surface area contributed by atoms with Crippen LogP contribution in [0, 0.1) is 5.92 Å². The van der Waals surface area contributed by atoms with E-state index in [-0.39, 0.29) is 12.0 Å². The first kappa shape index (κ1) is 10.3. The molecule has 0 saturated carbocycles. The summed E-state index contributed by atoms with van der Waals surface area (Å²) in [6.45, 7) is 1.70. The van der Waals surface area contributed by atoms with Crippen LogP contribution in [-0.4, -0.2) is 41.4 Å². The van der Waals surface area contributed by atoms with Crippen LogP contribution < -0.4 is 5.73 Å². The topological polar surface area (TPSA) is 46.3 Å². The summed E-state index contributed by atoms with van der Waals surface area (Å²) in [5.74, 6) is 2.80. The summed E-state index contributed by atoms with van der Waals surface area (Å²) in [5.41, 5.74) is 5.86. The summed E-state index contributed by atoms with van der Waals surface area (Å²) in [6.07, 6.45) is 3.21. The smallest absolute Gasteiger partial charge is 0.226 e. The Labute approximate surface area is 89.4 Å². The van der Waals surface area contributed by atoms with Crippen molar-refractivity contribution in [2.75, 3.05) is 24.6 Å². The molecule has 0 aliphatic carbocycles. The van der Waals surface area contributed by atoms with Crippen molar-refractivity contribution in [3.8, 4) is 0 Å². The zero-order valence-electron chi connectivity index (χ0n) is 8.45. The van der Waals surface area contributed by atoms with Gasteiger partial charge in [-0.1, -0.05) is 0 Å². The Morgan fingerprint density at radius 3 is 2.93 bits per heavy atom. The van der Waals surface area contributed by atoms with Crippen LogP contribution in [-0.2, 0) is 4.79 Å². The zero-order valence-corrected chi connectivity index (χ0v) is 9.26. The molecule has 1 amide bonds. The van der Waals surface area contributed by atoms with Gasteiger partial charge in [0.25, 0.3) is 0 Å². The number of hydrogen-bond acceptors (Lipinski definition) is 3. The highest BCUT2D eigenvalue weighted by molar-refractivity contribution is 7.99. The molecule has 2 atom stereocenters. The maximum Gasteiger partial charge on any atom is 0.226 e. The Morgan fingerprint density at radius 1 is 1.43 bits per heavy atom. The van der Waals surface area contributed by atoms with E-state index in [4.69, 9.17) is 5.73 Å². The predicted molar refractivity (Wildman–Crippen MR) is 59.2 cm³/mol. The van der Waals surface area contributed by atoms with Gasteiger partial charge in [0.15, 0.2) is 0 Å². The van der Waals surface area contributed by atoms with E-state index in [1.165, 1.54) is 0 Å². The fourth-order valence-corrected chi connectivity index (χ4v) is 3.41. The standard InChI is InChI=1S/C10H18N2OS/c11-9-2-1-4-12(6-9)10(13)8-3-5-14-7-8/h8-9H,1-7,11H2/t8?,9-/m1/s1. The van der Waals surface area contributed by atoms with Gasteiger partial charge in [-0.05, 0) is 25.0 Å². The summed E-state index contributed by atoms with van der Waals surface area (Å²) >= 11 is 1.90. The number of nitrogens with zero attached hydrogens (tertiary/aromatic N) is 1. The van der Waals surface area contributed by atoms with Crippen LogP contribution in [0.25, 0.3) is 0 Å². The molecular formula is C10H18N2OS. The molecule has 2 rings (SSSR count). The van der Waals surface area contributed by atoms with Crippen molar-refractivity contribution >= 4 is 17.7 Å². The van der Waals surface area contributed by atoms with Gasteiger partial charge in [0.1, 0.15) is 0 Å². The van der Waals surface area contributed by atoms with E-state index in [1.54, 1.807) is 0 Å². The summed E-state index contributed by atoms with van der Waals surface area (Å²) in [6, 6.07) is 0.210. The molecule has 2 aliphatic heterocycles. The van der Waals surface area contributed by atoms with Crippen molar-refractivity contribution in [1.29, 1.82) is 0 Å². The Balaban J connectivity index is 1.89. The van der Waals surface area contributed by atoms with Crippen molar-refractivity contribution in [3.63, 3.8) is 0 Å². The fraction of sp³-hybridized carbons (Fsp3) is 0.900. The number of nitrogens with two attached hydrogens (primary N) is 1. The predicted octanol–water partition coefficient (Wildman–Crippen LogP) is 0.689. The van der Waals surface area contributed by atoms with Gasteiger partial charge in [0.05, 0.1) is 0 Å². The van der Waals surface area contributed by atoms with Crippen molar-refractivity contribution in [3.05, 3.63) is 0 Å². The molecule has 1 unspecified atom stereocenters. The Morgan fingerprint density at radius 2 is 2.29 bits per heavy atom. The number of likely N-dealkylation sites (tertiary alicyclic amines) is 1. The average molecular weight is 214 g/mol. The van der Waals surface area contributed by atoms with Crippen LogP contribution in [0.3, 0.4) is 0 Å². The lowest BCUT2D eigenvalue weighted by Gasteiger charge is -2.32. The van der Waals surface area contributed by atoms with Crippen molar-refractivity contribution in [2.24, 2.45) is 11.7 Å². The van der Waals surface area contributed by atoms with Crippen molar-refractivity contribution in [2.45, 2.75) is 25.3 Å². The van der Waals surface area contributed by atoms with E-state index in [0.717, 1.165) is 43.9 Å². The Hall–Kier alpha value is -0.220. The maximum absolute atomic E-state index is 12.0. The molecule has 0 aromatic heterocycles. The molecule has 3 nitrogen and oxygen atoms in total. The summed E-state index contributed by atoms with van der Waals surface area (Å²) in [7, 11) is 0. The third-order valence-electron chi connectivity index (χ3n) is 3.05. The number of amides is 1. The van der Waals surface area contributed by atoms with Crippen LogP contribution in [0.2, 0.25) is 0 Å². The van der Waals surface area contributed by atoms with Crippen LogP contribution in [0.1, 0.15) is 19.3 Å². The van der Waals surface area contributed by atoms with Crippen LogP contribution in [0.15, 0.2) is 0 Å². The van der Waals surface area contributed by atoms with E-state index in [0.29, 0.717) is 5.91 Å². The largest absolute Gasteiger partial charge is 0.341 e. The van der Waals surface area contributed by atoms with E-state index in [2.05, 4.69) is 0 Å². The number of carbonyl (C=O) groups is 1. The normalized spacial score (nSPS) is 33.4. The quantitative estimate of drug-likeness (QED) is 0.698. The lowest BCUT2D eigenvalue weighted by molar-refractivity contribution is -0.135. The van der Waals surface area contributed by atoms with Gasteiger partial charge >= 0.3 is 0 Å². The first-order chi connectivity index (χ1) is 6.77. The molecule has 0 spiro atoms. The number of thioether (sulfide) groups is 1. The highest BCUT2D eigenvalue weighted by atomic mass is 32.2. The summed E-state index contributed by atoms with van der Waals surface area (Å²) < 4.78 is 0. The number of rotatable bonds is 1. The molecule has 2 aliphatic rings. The monoisotopic (exact) mass is 214 g/mol. The molecular weight excluding hydrogens is 196 g/mol. The van der Waals surface area contributed by atoms with Gasteiger partial charge in [-0.2, -0.15) is 11.8 Å². The van der Waals surface area contributed by atoms with Gasteiger partial charge in [0, 0.05) is 30.8 Å². The van der Waals surface area contributed by atoms with Crippen LogP contribution >= 0.6 is 11.8 Å². The fourth-order valence-electron chi connectivity index (χ4n) is 2.20. The highest BCUT2D eigenvalue weighted by Gasteiger charge is 2.29. The Kier molecular flexibility index (Phi) is 3.34. The van der Waals surface area contributed by atoms with E-state index in [1.807, 2.05) is 16.7 Å². The molecule has 14 heavy (non-hydrogen) atoms. The van der Waals surface area contributed by atoms with E-state index in [9.17, 15) is 4.79 Å². The summed E-state index contributed by atoms with van der Waals surface area (Å²) in [4.78, 5) is 14.0. The zero-order chi connectivity index (χ0) is 9.97. The van der Waals surface area contributed by atoms with Gasteiger partial charge < -0.3 is 10.6 Å². The molecule has 2 N–H and O–H groups in total. The molecule has 2 heterocycles. The number of carbonyl (C=O) groups excluding carboxylic acids is 1. The summed E-state index contributed by atoms with van der Waals surface area (Å²) in [5, 5.41) is 0. The molecule has 2 fully saturated rings. The lowest BCUT2D eigenvalue weighted by atomic mass is 10.0. The van der Waals surface area contributed by atoms with Crippen LogP contribution in [0.4, 0.5) is 0 Å². The first-order valence-electron chi connectivity index (χ1n) is 5.39. The van der Waals surface area contributed by atoms with Gasteiger partial charge in [-0.3, -0.25) is 4.79 Å². The maximum atomic E-state index is 12.0. The van der Waals surface area contributed by atoms with Gasteiger partial charge in [-0.25, -0.2) is 0 Å². The molecule has 0 aromatic carbocycles. The number of hydrogen-bond donors (Lipinski definition) is 1. The minimum absolute atomic E-state index is 0.210. The Bertz CT molecular complexity index is 216. The third kappa shape index (κ3) is 2.23. The van der Waals surface area contributed by atoms with Gasteiger partial charge in [-0.15, -0.1) is 0 Å². The molecule has 80 valence electrons. The average Bonchev–Trinajstić information content (AvgIpc) is 2.69. The number of piperidine rings is 1. The lowest BCUT2D eigenvalue weighted by Crippen LogP contribution is -2.47. The van der Waals surface area contributed by atoms with Crippen LogP contribution in [0.5, 0.6) is 0 Å². The molecule has 0 bridgehead atoms. The minimum atomic E-state index is 0.210. The molecule has 2 saturated heterocycles. The molecule has 0 aromatic rings. The molecule has 0 radical (unpaired) electrons. The minimum Gasteiger partial charge on any atom is -0.341 e. The van der Waals surface area contributed by atoms with E-state index < -0.39 is 0 Å². The van der Waals surface area contributed by atoms with Gasteiger partial charge in [0.2, 0.25) is 5.91 Å². The second-order valence-corrected chi connectivity index (χ2v) is 5.40. The second kappa shape index (κ2) is 4.53. The van der Waals surface area contributed by atoms with Crippen molar-refractivity contribution < 1.29 is 4.79 Å². The van der Waals surface area contributed by atoms with Crippen molar-refractivity contribution in [1.82, 2.24) is 4.90 Å².